The van der Waals surface area contributed by atoms with Crippen molar-refractivity contribution in [1.82, 2.24) is 4.90 Å². The third kappa shape index (κ3) is 5.47. The number of amides is 1. The number of methoxy groups -OCH3 is 5. The first-order valence-corrected chi connectivity index (χ1v) is 9.21. The number of hydrogen-bond donors (Lipinski definition) is 0. The van der Waals surface area contributed by atoms with Crippen LogP contribution < -0.4 is 23.7 Å². The Morgan fingerprint density at radius 1 is 0.828 bits per heavy atom. The monoisotopic (exact) mass is 403 g/mol. The van der Waals surface area contributed by atoms with Crippen molar-refractivity contribution < 1.29 is 28.5 Å². The highest BCUT2D eigenvalue weighted by atomic mass is 16.5. The fourth-order valence-corrected chi connectivity index (χ4v) is 3.08. The number of hydrogen-bond acceptors (Lipinski definition) is 6. The lowest BCUT2D eigenvalue weighted by molar-refractivity contribution is -0.130. The Bertz CT molecular complexity index is 814. The summed E-state index contributed by atoms with van der Waals surface area (Å²) in [4.78, 5) is 14.3. The van der Waals surface area contributed by atoms with Crippen LogP contribution in [0.3, 0.4) is 0 Å². The molecule has 0 aliphatic carbocycles. The Balaban J connectivity index is 2.08. The van der Waals surface area contributed by atoms with E-state index in [1.807, 2.05) is 18.2 Å². The summed E-state index contributed by atoms with van der Waals surface area (Å²) in [6.07, 6.45) is 0.947. The van der Waals surface area contributed by atoms with Crippen LogP contribution in [-0.4, -0.2) is 53.4 Å². The molecule has 0 N–H and O–H groups in total. The van der Waals surface area contributed by atoms with Crippen LogP contribution in [0.15, 0.2) is 30.3 Å². The van der Waals surface area contributed by atoms with Crippen LogP contribution in [0.5, 0.6) is 28.7 Å². The molecular formula is C22H29NO6. The van der Waals surface area contributed by atoms with Gasteiger partial charge in [-0.1, -0.05) is 0 Å². The average molecular weight is 403 g/mol. The molecule has 0 radical (unpaired) electrons. The van der Waals surface area contributed by atoms with E-state index in [9.17, 15) is 4.79 Å². The van der Waals surface area contributed by atoms with Gasteiger partial charge in [0.15, 0.2) is 11.5 Å². The maximum absolute atomic E-state index is 12.7. The molecule has 0 bridgehead atoms. The molecule has 0 spiro atoms. The van der Waals surface area contributed by atoms with Gasteiger partial charge in [0, 0.05) is 31.6 Å². The zero-order chi connectivity index (χ0) is 21.4. The van der Waals surface area contributed by atoms with Crippen molar-refractivity contribution in [3.63, 3.8) is 0 Å². The maximum atomic E-state index is 12.7. The van der Waals surface area contributed by atoms with Gasteiger partial charge < -0.3 is 28.6 Å². The van der Waals surface area contributed by atoms with E-state index in [2.05, 4.69) is 0 Å². The van der Waals surface area contributed by atoms with Crippen molar-refractivity contribution in [2.24, 2.45) is 0 Å². The van der Waals surface area contributed by atoms with Gasteiger partial charge in [0.2, 0.25) is 11.7 Å². The largest absolute Gasteiger partial charge is 0.497 e. The highest BCUT2D eigenvalue weighted by molar-refractivity contribution is 5.76. The van der Waals surface area contributed by atoms with Gasteiger partial charge in [0.05, 0.1) is 35.5 Å². The van der Waals surface area contributed by atoms with Gasteiger partial charge in [0.1, 0.15) is 11.5 Å². The summed E-state index contributed by atoms with van der Waals surface area (Å²) in [6.45, 7) is 0.393. The Kier molecular flexibility index (Phi) is 8.00. The van der Waals surface area contributed by atoms with Gasteiger partial charge in [0.25, 0.3) is 0 Å². The summed E-state index contributed by atoms with van der Waals surface area (Å²) in [6, 6.07) is 9.30. The molecule has 0 fully saturated rings. The fourth-order valence-electron chi connectivity index (χ4n) is 3.08. The average Bonchev–Trinajstić information content (AvgIpc) is 2.76. The minimum absolute atomic E-state index is 0.0172. The second-order valence-electron chi connectivity index (χ2n) is 6.46. The van der Waals surface area contributed by atoms with Crippen molar-refractivity contribution in [1.29, 1.82) is 0 Å². The molecule has 0 aromatic heterocycles. The zero-order valence-corrected chi connectivity index (χ0v) is 17.9. The standard InChI is InChI=1S/C22H29NO6/c1-23(14-16-8-9-19(27-4)22(29-6)21(16)28-5)20(24)10-7-15-11-17(25-2)13-18(12-15)26-3/h8-9,11-13H,7,10,14H2,1-6H3. The van der Waals surface area contributed by atoms with Gasteiger partial charge >= 0.3 is 0 Å². The Morgan fingerprint density at radius 2 is 1.45 bits per heavy atom. The number of carbonyl (C=O) groups is 1. The lowest BCUT2D eigenvalue weighted by Gasteiger charge is -2.21. The van der Waals surface area contributed by atoms with Crippen LogP contribution in [-0.2, 0) is 17.8 Å². The van der Waals surface area contributed by atoms with E-state index in [0.29, 0.717) is 48.1 Å². The summed E-state index contributed by atoms with van der Waals surface area (Å²) >= 11 is 0. The first-order valence-electron chi connectivity index (χ1n) is 9.21. The molecule has 7 heteroatoms. The van der Waals surface area contributed by atoms with E-state index in [-0.39, 0.29) is 5.91 Å². The second-order valence-corrected chi connectivity index (χ2v) is 6.46. The molecule has 0 aliphatic heterocycles. The van der Waals surface area contributed by atoms with E-state index < -0.39 is 0 Å². The highest BCUT2D eigenvalue weighted by Gasteiger charge is 2.18. The SMILES string of the molecule is COc1cc(CCC(=O)N(C)Cc2ccc(OC)c(OC)c2OC)cc(OC)c1. The van der Waals surface area contributed by atoms with E-state index in [0.717, 1.165) is 11.1 Å². The summed E-state index contributed by atoms with van der Waals surface area (Å²) in [5.74, 6) is 3.07. The van der Waals surface area contributed by atoms with Gasteiger partial charge in [-0.25, -0.2) is 0 Å². The molecule has 0 unspecified atom stereocenters. The quantitative estimate of drug-likeness (QED) is 0.606. The predicted molar refractivity (Wildman–Crippen MR) is 110 cm³/mol. The first-order chi connectivity index (χ1) is 14.0. The van der Waals surface area contributed by atoms with Crippen molar-refractivity contribution in [3.8, 4) is 28.7 Å². The van der Waals surface area contributed by atoms with Crippen LogP contribution >= 0.6 is 0 Å². The molecule has 2 aromatic carbocycles. The van der Waals surface area contributed by atoms with Crippen molar-refractivity contribution in [3.05, 3.63) is 41.5 Å². The summed E-state index contributed by atoms with van der Waals surface area (Å²) in [5, 5.41) is 0. The number of nitrogens with zero attached hydrogens (tertiary/aromatic N) is 1. The van der Waals surface area contributed by atoms with Crippen LogP contribution in [0.25, 0.3) is 0 Å². The molecule has 0 saturated carbocycles. The molecular weight excluding hydrogens is 374 g/mol. The second kappa shape index (κ2) is 10.5. The molecule has 0 saturated heterocycles. The number of ether oxygens (including phenoxy) is 5. The maximum Gasteiger partial charge on any atom is 0.222 e. The van der Waals surface area contributed by atoms with E-state index in [1.165, 1.54) is 0 Å². The lowest BCUT2D eigenvalue weighted by Crippen LogP contribution is -2.26. The number of benzene rings is 2. The van der Waals surface area contributed by atoms with Crippen molar-refractivity contribution in [2.45, 2.75) is 19.4 Å². The van der Waals surface area contributed by atoms with Crippen LogP contribution in [0, 0.1) is 0 Å². The normalized spacial score (nSPS) is 10.3. The lowest BCUT2D eigenvalue weighted by atomic mass is 10.1. The Morgan fingerprint density at radius 3 is 1.97 bits per heavy atom. The van der Waals surface area contributed by atoms with Crippen molar-refractivity contribution >= 4 is 5.91 Å². The Hall–Kier alpha value is -3.09. The van der Waals surface area contributed by atoms with E-state index in [1.54, 1.807) is 59.6 Å². The minimum atomic E-state index is 0.0172. The zero-order valence-electron chi connectivity index (χ0n) is 17.9. The summed E-state index contributed by atoms with van der Waals surface area (Å²) in [5.41, 5.74) is 1.82. The van der Waals surface area contributed by atoms with Gasteiger partial charge in [-0.05, 0) is 36.2 Å². The van der Waals surface area contributed by atoms with Gasteiger partial charge in [-0.15, -0.1) is 0 Å². The fraction of sp³-hybridized carbons (Fsp3) is 0.409. The van der Waals surface area contributed by atoms with Crippen LogP contribution in [0.4, 0.5) is 0 Å². The first kappa shape index (κ1) is 22.2. The van der Waals surface area contributed by atoms with E-state index in [4.69, 9.17) is 23.7 Å². The third-order valence-electron chi connectivity index (χ3n) is 4.66. The molecule has 1 amide bonds. The molecule has 2 rings (SSSR count). The number of rotatable bonds is 10. The molecule has 0 atom stereocenters. The molecule has 29 heavy (non-hydrogen) atoms. The number of aryl methyl sites for hydroxylation is 1. The van der Waals surface area contributed by atoms with Crippen molar-refractivity contribution in [2.75, 3.05) is 42.6 Å². The topological polar surface area (TPSA) is 66.5 Å². The molecule has 158 valence electrons. The van der Waals surface area contributed by atoms with Crippen LogP contribution in [0.2, 0.25) is 0 Å². The molecule has 0 aliphatic rings. The molecule has 7 nitrogen and oxygen atoms in total. The minimum Gasteiger partial charge on any atom is -0.497 e. The Labute approximate surface area is 172 Å². The molecule has 2 aromatic rings. The third-order valence-corrected chi connectivity index (χ3v) is 4.66. The smallest absolute Gasteiger partial charge is 0.222 e. The number of carbonyl (C=O) groups excluding carboxylic acids is 1. The summed E-state index contributed by atoms with van der Waals surface area (Å²) < 4.78 is 26.8. The van der Waals surface area contributed by atoms with E-state index >= 15 is 0 Å². The molecule has 0 heterocycles. The van der Waals surface area contributed by atoms with Gasteiger partial charge in [-0.3, -0.25) is 4.79 Å². The predicted octanol–water partition coefficient (Wildman–Crippen LogP) is 3.32. The van der Waals surface area contributed by atoms with Crippen LogP contribution in [0.1, 0.15) is 17.5 Å². The summed E-state index contributed by atoms with van der Waals surface area (Å²) in [7, 11) is 9.67. The highest BCUT2D eigenvalue weighted by Crippen LogP contribution is 2.40. The van der Waals surface area contributed by atoms with Gasteiger partial charge in [-0.2, -0.15) is 0 Å².